The number of aliphatic hydroxyl groups excluding tert-OH is 1. The molecule has 42 heavy (non-hydrogen) atoms. The van der Waals surface area contributed by atoms with Crippen molar-refractivity contribution >= 4 is 23.7 Å². The number of aliphatic hydroxyl groups is 1. The SMILES string of the molecule is CCCCCN1CC=C[C@@]23O[C@H]4/C=C\CCC(=O)OC[C@H](c5ccccc5)NC(=O)[C@H]4[C@@H]2C(=O)N([C@H](C)CO)[C@H]3C1=O. The van der Waals surface area contributed by atoms with Gasteiger partial charge in [-0.15, -0.1) is 0 Å². The van der Waals surface area contributed by atoms with Crippen LogP contribution in [-0.4, -0.2) is 88.7 Å². The molecule has 0 radical (unpaired) electrons. The number of hydrogen-bond acceptors (Lipinski definition) is 7. The van der Waals surface area contributed by atoms with Crippen LogP contribution in [-0.2, 0) is 28.7 Å². The van der Waals surface area contributed by atoms with Crippen molar-refractivity contribution in [2.45, 2.75) is 75.8 Å². The van der Waals surface area contributed by atoms with Crippen molar-refractivity contribution in [3.05, 3.63) is 60.2 Å². The lowest BCUT2D eigenvalue weighted by Crippen LogP contribution is -2.57. The zero-order valence-electron chi connectivity index (χ0n) is 24.3. The quantitative estimate of drug-likeness (QED) is 0.289. The summed E-state index contributed by atoms with van der Waals surface area (Å²) in [6, 6.07) is 6.92. The Labute approximate surface area is 246 Å². The summed E-state index contributed by atoms with van der Waals surface area (Å²) >= 11 is 0. The molecule has 226 valence electrons. The van der Waals surface area contributed by atoms with Gasteiger partial charge in [-0.25, -0.2) is 0 Å². The van der Waals surface area contributed by atoms with Crippen LogP contribution < -0.4 is 5.32 Å². The molecular formula is C32H41N3O7. The highest BCUT2D eigenvalue weighted by molar-refractivity contribution is 6.00. The average Bonchev–Trinajstić information content (AvgIpc) is 3.39. The second-order valence-corrected chi connectivity index (χ2v) is 11.6. The molecule has 2 fully saturated rings. The van der Waals surface area contributed by atoms with Gasteiger partial charge in [0, 0.05) is 19.5 Å². The molecule has 5 rings (SSSR count). The zero-order chi connectivity index (χ0) is 29.9. The Morgan fingerprint density at radius 1 is 1.10 bits per heavy atom. The molecule has 0 unspecified atom stereocenters. The monoisotopic (exact) mass is 579 g/mol. The van der Waals surface area contributed by atoms with Crippen LogP contribution in [0.15, 0.2) is 54.6 Å². The van der Waals surface area contributed by atoms with Crippen LogP contribution in [0, 0.1) is 11.8 Å². The van der Waals surface area contributed by atoms with Gasteiger partial charge in [0.15, 0.2) is 0 Å². The lowest BCUT2D eigenvalue weighted by Gasteiger charge is -2.37. The fraction of sp³-hybridized carbons (Fsp3) is 0.562. The highest BCUT2D eigenvalue weighted by atomic mass is 16.5. The van der Waals surface area contributed by atoms with E-state index >= 15 is 0 Å². The van der Waals surface area contributed by atoms with E-state index in [2.05, 4.69) is 12.2 Å². The Balaban J connectivity index is 1.56. The third kappa shape index (κ3) is 5.49. The van der Waals surface area contributed by atoms with Gasteiger partial charge in [-0.3, -0.25) is 19.2 Å². The third-order valence-corrected chi connectivity index (χ3v) is 8.86. The minimum Gasteiger partial charge on any atom is -0.463 e. The number of hydrogen-bond donors (Lipinski definition) is 2. The highest BCUT2D eigenvalue weighted by Crippen LogP contribution is 2.53. The summed E-state index contributed by atoms with van der Waals surface area (Å²) in [4.78, 5) is 58.2. The van der Waals surface area contributed by atoms with Crippen LogP contribution in [0.1, 0.15) is 57.6 Å². The Bertz CT molecular complexity index is 1230. The molecule has 4 heterocycles. The van der Waals surface area contributed by atoms with Gasteiger partial charge in [0.2, 0.25) is 17.7 Å². The van der Waals surface area contributed by atoms with Gasteiger partial charge in [0.1, 0.15) is 18.2 Å². The van der Waals surface area contributed by atoms with Crippen molar-refractivity contribution in [1.82, 2.24) is 15.1 Å². The molecule has 7 atom stereocenters. The second-order valence-electron chi connectivity index (χ2n) is 11.6. The van der Waals surface area contributed by atoms with Crippen molar-refractivity contribution in [2.24, 2.45) is 11.8 Å². The highest BCUT2D eigenvalue weighted by Gasteiger charge is 2.72. The fourth-order valence-electron chi connectivity index (χ4n) is 6.74. The number of benzene rings is 1. The maximum absolute atomic E-state index is 14.3. The maximum atomic E-state index is 14.3. The number of amides is 3. The average molecular weight is 580 g/mol. The first-order valence-electron chi connectivity index (χ1n) is 15.1. The molecule has 10 heteroatoms. The van der Waals surface area contributed by atoms with Crippen LogP contribution in [0.5, 0.6) is 0 Å². The number of nitrogens with one attached hydrogen (secondary N) is 1. The summed E-state index contributed by atoms with van der Waals surface area (Å²) in [5.74, 6) is -3.36. The van der Waals surface area contributed by atoms with Gasteiger partial charge in [-0.2, -0.15) is 0 Å². The van der Waals surface area contributed by atoms with Crippen molar-refractivity contribution in [1.29, 1.82) is 0 Å². The van der Waals surface area contributed by atoms with E-state index in [-0.39, 0.29) is 37.4 Å². The Hall–Kier alpha value is -3.50. The minimum atomic E-state index is -1.39. The molecule has 4 aliphatic heterocycles. The van der Waals surface area contributed by atoms with E-state index in [4.69, 9.17) is 9.47 Å². The number of allylic oxidation sites excluding steroid dienone is 1. The maximum Gasteiger partial charge on any atom is 0.306 e. The normalized spacial score (nSPS) is 33.0. The lowest BCUT2D eigenvalue weighted by atomic mass is 9.77. The van der Waals surface area contributed by atoms with Crippen LogP contribution in [0.25, 0.3) is 0 Å². The van der Waals surface area contributed by atoms with E-state index in [9.17, 15) is 24.3 Å². The summed E-state index contributed by atoms with van der Waals surface area (Å²) in [6.45, 7) is 4.33. The number of likely N-dealkylation sites (tertiary alicyclic amines) is 1. The molecule has 3 amide bonds. The number of cyclic esters (lactones) is 1. The fourth-order valence-corrected chi connectivity index (χ4v) is 6.74. The first kappa shape index (κ1) is 30.0. The smallest absolute Gasteiger partial charge is 0.306 e. The number of carbonyl (C=O) groups excluding carboxylic acids is 4. The van der Waals surface area contributed by atoms with Crippen LogP contribution in [0.3, 0.4) is 0 Å². The summed E-state index contributed by atoms with van der Waals surface area (Å²) in [5.41, 5.74) is -0.627. The van der Waals surface area contributed by atoms with Crippen molar-refractivity contribution in [2.75, 3.05) is 26.3 Å². The molecule has 0 bridgehead atoms. The molecule has 0 saturated carbocycles. The Kier molecular flexibility index (Phi) is 9.13. The van der Waals surface area contributed by atoms with E-state index in [0.717, 1.165) is 24.8 Å². The lowest BCUT2D eigenvalue weighted by molar-refractivity contribution is -0.150. The molecule has 1 aromatic rings. The van der Waals surface area contributed by atoms with Crippen molar-refractivity contribution < 1.29 is 33.8 Å². The summed E-state index contributed by atoms with van der Waals surface area (Å²) in [6.07, 6.45) is 9.73. The van der Waals surface area contributed by atoms with Crippen LogP contribution in [0.2, 0.25) is 0 Å². The first-order chi connectivity index (χ1) is 20.3. The van der Waals surface area contributed by atoms with Crippen molar-refractivity contribution in [3.63, 3.8) is 0 Å². The van der Waals surface area contributed by atoms with Gasteiger partial charge in [-0.05, 0) is 25.3 Å². The van der Waals surface area contributed by atoms with Gasteiger partial charge < -0.3 is 29.7 Å². The molecule has 2 saturated heterocycles. The largest absolute Gasteiger partial charge is 0.463 e. The standard InChI is InChI=1S/C32H41N3O7/c1-3-4-10-17-34-18-11-16-32-27(30(39)35(21(2)19-36)28(32)31(34)40)26-24(42-32)14-8-9-15-25(37)41-20-23(33-29(26)38)22-12-6-5-7-13-22/h5-8,11-14,16,21,23-24,26-28,36H,3-4,9-10,15,17-20H2,1-2H3,(H,33,38)/b14-8-/t21-,23-,24+,26-,27-,28+,32-/m1/s1. The van der Waals surface area contributed by atoms with Crippen molar-refractivity contribution in [3.8, 4) is 0 Å². The molecule has 1 spiro atoms. The molecule has 0 aromatic heterocycles. The van der Waals surface area contributed by atoms with Gasteiger partial charge in [-0.1, -0.05) is 74.4 Å². The zero-order valence-corrected chi connectivity index (χ0v) is 24.3. The van der Waals surface area contributed by atoms with E-state index < -0.39 is 47.6 Å². The summed E-state index contributed by atoms with van der Waals surface area (Å²) in [7, 11) is 0. The van der Waals surface area contributed by atoms with E-state index in [1.807, 2.05) is 36.4 Å². The summed E-state index contributed by atoms with van der Waals surface area (Å²) in [5, 5.41) is 13.2. The molecular weight excluding hydrogens is 538 g/mol. The van der Waals surface area contributed by atoms with E-state index in [1.54, 1.807) is 30.1 Å². The topological polar surface area (TPSA) is 125 Å². The predicted octanol–water partition coefficient (Wildman–Crippen LogP) is 2.29. The summed E-state index contributed by atoms with van der Waals surface area (Å²) < 4.78 is 12.2. The van der Waals surface area contributed by atoms with Gasteiger partial charge >= 0.3 is 5.97 Å². The van der Waals surface area contributed by atoms with Crippen LogP contribution in [0.4, 0.5) is 0 Å². The molecule has 4 aliphatic rings. The number of esters is 1. The first-order valence-corrected chi connectivity index (χ1v) is 15.1. The number of fused-ring (bicyclic) bond motifs is 2. The van der Waals surface area contributed by atoms with Gasteiger partial charge in [0.05, 0.1) is 36.6 Å². The van der Waals surface area contributed by atoms with E-state index in [0.29, 0.717) is 19.5 Å². The number of rotatable bonds is 7. The molecule has 0 aliphatic carbocycles. The number of ether oxygens (including phenoxy) is 2. The number of carbonyl (C=O) groups is 4. The van der Waals surface area contributed by atoms with Gasteiger partial charge in [0.25, 0.3) is 0 Å². The number of nitrogens with zero attached hydrogens (tertiary/aromatic N) is 2. The predicted molar refractivity (Wildman–Crippen MR) is 154 cm³/mol. The second kappa shape index (κ2) is 12.8. The molecule has 10 nitrogen and oxygen atoms in total. The van der Waals surface area contributed by atoms with E-state index in [1.165, 1.54) is 4.90 Å². The third-order valence-electron chi connectivity index (χ3n) is 8.86. The van der Waals surface area contributed by atoms with Crippen LogP contribution >= 0.6 is 0 Å². The Morgan fingerprint density at radius 2 is 1.88 bits per heavy atom. The molecule has 2 N–H and O–H groups in total. The Morgan fingerprint density at radius 3 is 2.62 bits per heavy atom. The molecule has 1 aromatic carbocycles. The number of unbranched alkanes of at least 4 members (excludes halogenated alkanes) is 2. The minimum absolute atomic E-state index is 0.0539.